The van der Waals surface area contributed by atoms with Gasteiger partial charge in [0.15, 0.2) is 17.6 Å². The van der Waals surface area contributed by atoms with Gasteiger partial charge in [-0.2, -0.15) is 0 Å². The van der Waals surface area contributed by atoms with E-state index in [2.05, 4.69) is 42.2 Å². The molecule has 1 aromatic carbocycles. The number of ether oxygens (including phenoxy) is 1. The molecule has 0 saturated heterocycles. The Labute approximate surface area is 138 Å². The first-order valence-electron chi connectivity index (χ1n) is 8.75. The number of aryl methyl sites for hydroxylation is 1. The minimum absolute atomic E-state index is 0.111. The molecule has 1 heterocycles. The van der Waals surface area contributed by atoms with Gasteiger partial charge in [0.25, 0.3) is 5.82 Å². The van der Waals surface area contributed by atoms with Crippen LogP contribution >= 0.6 is 0 Å². The Morgan fingerprint density at radius 1 is 1.26 bits per heavy atom. The van der Waals surface area contributed by atoms with Crippen molar-refractivity contribution in [2.75, 3.05) is 0 Å². The lowest BCUT2D eigenvalue weighted by Crippen LogP contribution is -2.33. The van der Waals surface area contributed by atoms with Crippen molar-refractivity contribution >= 4 is 17.0 Å². The fourth-order valence-corrected chi connectivity index (χ4v) is 3.74. The van der Waals surface area contributed by atoms with E-state index < -0.39 is 0 Å². The predicted molar refractivity (Wildman–Crippen MR) is 90.0 cm³/mol. The summed E-state index contributed by atoms with van der Waals surface area (Å²) in [7, 11) is 2.06. The summed E-state index contributed by atoms with van der Waals surface area (Å²) < 4.78 is 10.0. The van der Waals surface area contributed by atoms with Crippen molar-refractivity contribution < 1.29 is 14.1 Å². The number of rotatable bonds is 4. The lowest BCUT2D eigenvalue weighted by Gasteiger charge is -2.25. The summed E-state index contributed by atoms with van der Waals surface area (Å²) in [4.78, 5) is 12.4. The van der Waals surface area contributed by atoms with E-state index in [-0.39, 0.29) is 12.1 Å². The summed E-state index contributed by atoms with van der Waals surface area (Å²) >= 11 is 0. The second-order valence-electron chi connectivity index (χ2n) is 6.78. The monoisotopic (exact) mass is 315 g/mol. The zero-order chi connectivity index (χ0) is 16.4. The molecule has 0 radical (unpaired) electrons. The van der Waals surface area contributed by atoms with Crippen LogP contribution in [0, 0.1) is 5.92 Å². The molecule has 3 rings (SSSR count). The largest absolute Gasteiger partial charge is 0.459 e. The SMILES string of the molecule is CCc1n(CC(=O)O[C@H]2CC[C@H](C)CC2)c2ccccc2[n+]1C. The van der Waals surface area contributed by atoms with Gasteiger partial charge in [-0.25, -0.2) is 13.9 Å². The molecule has 23 heavy (non-hydrogen) atoms. The third-order valence-electron chi connectivity index (χ3n) is 5.10. The molecular weight excluding hydrogens is 288 g/mol. The van der Waals surface area contributed by atoms with Crippen molar-refractivity contribution in [3.63, 3.8) is 0 Å². The Bertz CT molecular complexity index is 697. The molecule has 1 fully saturated rings. The van der Waals surface area contributed by atoms with E-state index in [1.54, 1.807) is 0 Å². The number of esters is 1. The first kappa shape index (κ1) is 16.0. The third kappa shape index (κ3) is 3.26. The number of hydrogen-bond donors (Lipinski definition) is 0. The summed E-state index contributed by atoms with van der Waals surface area (Å²) in [6.45, 7) is 4.70. The summed E-state index contributed by atoms with van der Waals surface area (Å²) in [6.07, 6.45) is 5.35. The van der Waals surface area contributed by atoms with Crippen molar-refractivity contribution in [1.82, 2.24) is 4.57 Å². The lowest BCUT2D eigenvalue weighted by molar-refractivity contribution is -0.653. The normalized spacial score (nSPS) is 21.5. The molecule has 1 saturated carbocycles. The van der Waals surface area contributed by atoms with E-state index in [1.807, 2.05) is 12.1 Å². The van der Waals surface area contributed by atoms with Crippen LogP contribution in [-0.2, 0) is 29.5 Å². The molecule has 1 aromatic heterocycles. The number of benzene rings is 1. The predicted octanol–water partition coefficient (Wildman–Crippen LogP) is 3.15. The van der Waals surface area contributed by atoms with Crippen LogP contribution in [0.5, 0.6) is 0 Å². The molecule has 2 aromatic rings. The Morgan fingerprint density at radius 2 is 1.96 bits per heavy atom. The van der Waals surface area contributed by atoms with Crippen molar-refractivity contribution in [1.29, 1.82) is 0 Å². The second kappa shape index (κ2) is 6.73. The van der Waals surface area contributed by atoms with Crippen LogP contribution in [0.2, 0.25) is 0 Å². The van der Waals surface area contributed by atoms with Gasteiger partial charge >= 0.3 is 5.97 Å². The number of carbonyl (C=O) groups is 1. The van der Waals surface area contributed by atoms with Crippen molar-refractivity contribution in [3.05, 3.63) is 30.1 Å². The number of imidazole rings is 1. The molecule has 0 spiro atoms. The van der Waals surface area contributed by atoms with Crippen LogP contribution in [0.1, 0.15) is 45.4 Å². The summed E-state index contributed by atoms with van der Waals surface area (Å²) in [6, 6.07) is 8.22. The van der Waals surface area contributed by atoms with Crippen LogP contribution in [0.3, 0.4) is 0 Å². The first-order chi connectivity index (χ1) is 11.1. The van der Waals surface area contributed by atoms with E-state index in [0.717, 1.165) is 42.0 Å². The third-order valence-corrected chi connectivity index (χ3v) is 5.10. The highest BCUT2D eigenvalue weighted by molar-refractivity contribution is 5.76. The standard InChI is InChI=1S/C19H27N2O2/c1-4-18-20(3)16-7-5-6-8-17(16)21(18)13-19(22)23-15-11-9-14(2)10-12-15/h5-8,14-15H,4,9-13H2,1-3H3/q+1/t14-,15-. The van der Waals surface area contributed by atoms with E-state index in [1.165, 1.54) is 12.8 Å². The van der Waals surface area contributed by atoms with Gasteiger partial charge in [-0.05, 0) is 43.7 Å². The van der Waals surface area contributed by atoms with E-state index in [9.17, 15) is 4.79 Å². The van der Waals surface area contributed by atoms with Gasteiger partial charge in [0.1, 0.15) is 6.10 Å². The van der Waals surface area contributed by atoms with E-state index in [0.29, 0.717) is 6.54 Å². The van der Waals surface area contributed by atoms with Gasteiger partial charge < -0.3 is 4.74 Å². The molecule has 0 amide bonds. The number of aromatic nitrogens is 2. The summed E-state index contributed by atoms with van der Waals surface area (Å²) in [5.74, 6) is 1.81. The Balaban J connectivity index is 1.77. The molecule has 124 valence electrons. The highest BCUT2D eigenvalue weighted by Gasteiger charge is 2.26. The minimum atomic E-state index is -0.111. The Hall–Kier alpha value is -1.84. The average Bonchev–Trinajstić information content (AvgIpc) is 2.82. The molecule has 4 nitrogen and oxygen atoms in total. The maximum Gasteiger partial charge on any atom is 0.348 e. The first-order valence-corrected chi connectivity index (χ1v) is 8.75. The molecule has 0 aliphatic heterocycles. The quantitative estimate of drug-likeness (QED) is 0.642. The molecule has 0 unspecified atom stereocenters. The molecule has 0 atom stereocenters. The zero-order valence-corrected chi connectivity index (χ0v) is 14.4. The Kier molecular flexibility index (Phi) is 4.69. The van der Waals surface area contributed by atoms with Crippen LogP contribution in [0.15, 0.2) is 24.3 Å². The van der Waals surface area contributed by atoms with Gasteiger partial charge in [-0.3, -0.25) is 0 Å². The van der Waals surface area contributed by atoms with Gasteiger partial charge in [-0.1, -0.05) is 26.0 Å². The number of para-hydroxylation sites is 2. The number of carbonyl (C=O) groups excluding carboxylic acids is 1. The number of fused-ring (bicyclic) bond motifs is 1. The fraction of sp³-hybridized carbons (Fsp3) is 0.579. The van der Waals surface area contributed by atoms with Crippen LogP contribution in [-0.4, -0.2) is 16.6 Å². The molecule has 1 aliphatic carbocycles. The fourth-order valence-electron chi connectivity index (χ4n) is 3.74. The van der Waals surface area contributed by atoms with Gasteiger partial charge in [-0.15, -0.1) is 0 Å². The van der Waals surface area contributed by atoms with Crippen molar-refractivity contribution in [3.8, 4) is 0 Å². The molecule has 4 heteroatoms. The Morgan fingerprint density at radius 3 is 2.65 bits per heavy atom. The van der Waals surface area contributed by atoms with Crippen molar-refractivity contribution in [2.24, 2.45) is 13.0 Å². The maximum absolute atomic E-state index is 12.4. The lowest BCUT2D eigenvalue weighted by atomic mass is 9.89. The zero-order valence-electron chi connectivity index (χ0n) is 14.4. The smallest absolute Gasteiger partial charge is 0.348 e. The van der Waals surface area contributed by atoms with Gasteiger partial charge in [0.05, 0.1) is 7.05 Å². The molecular formula is C19H27N2O2+. The molecule has 0 bridgehead atoms. The van der Waals surface area contributed by atoms with Crippen LogP contribution in [0.4, 0.5) is 0 Å². The topological polar surface area (TPSA) is 35.1 Å². The van der Waals surface area contributed by atoms with Crippen LogP contribution in [0.25, 0.3) is 11.0 Å². The summed E-state index contributed by atoms with van der Waals surface area (Å²) in [5.41, 5.74) is 2.25. The van der Waals surface area contributed by atoms with Crippen LogP contribution < -0.4 is 4.57 Å². The summed E-state index contributed by atoms with van der Waals surface area (Å²) in [5, 5.41) is 0. The highest BCUT2D eigenvalue weighted by Crippen LogP contribution is 2.26. The number of nitrogens with zero attached hydrogens (tertiary/aromatic N) is 2. The maximum atomic E-state index is 12.4. The number of hydrogen-bond acceptors (Lipinski definition) is 2. The van der Waals surface area contributed by atoms with Gasteiger partial charge in [0, 0.05) is 6.42 Å². The van der Waals surface area contributed by atoms with Crippen molar-refractivity contribution in [2.45, 2.75) is 58.6 Å². The van der Waals surface area contributed by atoms with Gasteiger partial charge in [0.2, 0.25) is 0 Å². The second-order valence-corrected chi connectivity index (χ2v) is 6.78. The average molecular weight is 315 g/mol. The minimum Gasteiger partial charge on any atom is -0.459 e. The van der Waals surface area contributed by atoms with E-state index >= 15 is 0 Å². The molecule has 0 N–H and O–H groups in total. The molecule has 1 aliphatic rings. The highest BCUT2D eigenvalue weighted by atomic mass is 16.5. The van der Waals surface area contributed by atoms with E-state index in [4.69, 9.17) is 4.74 Å².